The van der Waals surface area contributed by atoms with Gasteiger partial charge in [0.15, 0.2) is 0 Å². The fourth-order valence-electron chi connectivity index (χ4n) is 3.17. The lowest BCUT2D eigenvalue weighted by Gasteiger charge is -2.22. The van der Waals surface area contributed by atoms with Crippen LogP contribution in [0.3, 0.4) is 0 Å². The van der Waals surface area contributed by atoms with Crippen molar-refractivity contribution in [3.05, 3.63) is 102 Å². The minimum Gasteiger partial charge on any atom is -0.497 e. The predicted molar refractivity (Wildman–Crippen MR) is 107 cm³/mol. The first kappa shape index (κ1) is 18.7. The first-order valence-corrected chi connectivity index (χ1v) is 9.17. The number of carbonyl (C=O) groups excluding carboxylic acids is 1. The lowest BCUT2D eigenvalue weighted by Crippen LogP contribution is -2.20. The Labute approximate surface area is 160 Å². The van der Waals surface area contributed by atoms with E-state index in [9.17, 15) is 4.79 Å². The zero-order chi connectivity index (χ0) is 19.1. The molecule has 3 rings (SSSR count). The maximum Gasteiger partial charge on any atom is 0.318 e. The van der Waals surface area contributed by atoms with Gasteiger partial charge in [0.25, 0.3) is 0 Å². The third kappa shape index (κ3) is 4.56. The smallest absolute Gasteiger partial charge is 0.318 e. The highest BCUT2D eigenvalue weighted by Crippen LogP contribution is 2.30. The van der Waals surface area contributed by atoms with Gasteiger partial charge in [0.2, 0.25) is 0 Å². The Hall–Kier alpha value is -3.07. The van der Waals surface area contributed by atoms with Crippen molar-refractivity contribution in [1.29, 1.82) is 0 Å². The highest BCUT2D eigenvalue weighted by molar-refractivity contribution is 5.82. The maximum absolute atomic E-state index is 13.2. The van der Waals surface area contributed by atoms with Gasteiger partial charge in [-0.3, -0.25) is 4.79 Å². The number of ether oxygens (including phenoxy) is 2. The molecule has 3 nitrogen and oxygen atoms in total. The Kier molecular flexibility index (Phi) is 6.26. The normalized spacial score (nSPS) is 11.8. The molecule has 138 valence electrons. The summed E-state index contributed by atoms with van der Waals surface area (Å²) in [6.07, 6.45) is 0.410. The van der Waals surface area contributed by atoms with Gasteiger partial charge in [-0.1, -0.05) is 79.7 Å². The van der Waals surface area contributed by atoms with Crippen LogP contribution in [0.15, 0.2) is 84.9 Å². The Morgan fingerprint density at radius 3 is 1.74 bits per heavy atom. The molecule has 0 heterocycles. The molecule has 0 aliphatic carbocycles. The van der Waals surface area contributed by atoms with Crippen LogP contribution in [-0.4, -0.2) is 13.1 Å². The van der Waals surface area contributed by atoms with E-state index in [0.717, 1.165) is 22.4 Å². The first-order chi connectivity index (χ1) is 13.2. The van der Waals surface area contributed by atoms with Gasteiger partial charge in [0, 0.05) is 0 Å². The van der Waals surface area contributed by atoms with E-state index >= 15 is 0 Å². The number of hydrogen-bond donors (Lipinski definition) is 0. The van der Waals surface area contributed by atoms with Gasteiger partial charge in [-0.2, -0.15) is 0 Å². The third-order valence-corrected chi connectivity index (χ3v) is 4.62. The van der Waals surface area contributed by atoms with E-state index < -0.39 is 5.92 Å². The average molecular weight is 360 g/mol. The SMILES string of the molecule is CC[C@@H](OC(=O)C(c1ccccc1)c1ccccc1)c1ccc(OC)cc1. The van der Waals surface area contributed by atoms with Crippen LogP contribution in [0.1, 0.15) is 42.1 Å². The molecule has 0 bridgehead atoms. The second-order valence-electron chi connectivity index (χ2n) is 6.36. The molecule has 0 saturated heterocycles. The number of rotatable bonds is 7. The summed E-state index contributed by atoms with van der Waals surface area (Å²) < 4.78 is 11.2. The van der Waals surface area contributed by atoms with E-state index in [0.29, 0.717) is 6.42 Å². The fourth-order valence-corrected chi connectivity index (χ4v) is 3.17. The topological polar surface area (TPSA) is 35.5 Å². The molecule has 3 aromatic carbocycles. The van der Waals surface area contributed by atoms with E-state index in [-0.39, 0.29) is 12.1 Å². The summed E-state index contributed by atoms with van der Waals surface area (Å²) in [5.41, 5.74) is 2.82. The van der Waals surface area contributed by atoms with Crippen molar-refractivity contribution in [2.45, 2.75) is 25.4 Å². The Morgan fingerprint density at radius 1 is 0.778 bits per heavy atom. The summed E-state index contributed by atoms with van der Waals surface area (Å²) in [4.78, 5) is 13.2. The fraction of sp³-hybridized carbons (Fsp3) is 0.208. The second kappa shape index (κ2) is 9.04. The van der Waals surface area contributed by atoms with Crippen molar-refractivity contribution in [3.63, 3.8) is 0 Å². The second-order valence-corrected chi connectivity index (χ2v) is 6.36. The maximum atomic E-state index is 13.2. The van der Waals surface area contributed by atoms with Crippen LogP contribution < -0.4 is 4.74 Å². The Bertz CT molecular complexity index is 802. The highest BCUT2D eigenvalue weighted by atomic mass is 16.5. The van der Waals surface area contributed by atoms with Gasteiger partial charge in [-0.25, -0.2) is 0 Å². The molecule has 3 aromatic rings. The molecule has 0 amide bonds. The summed E-state index contributed by atoms with van der Waals surface area (Å²) in [7, 11) is 1.64. The number of carbonyl (C=O) groups is 1. The molecule has 0 radical (unpaired) electrons. The minimum atomic E-state index is -0.445. The van der Waals surface area contributed by atoms with E-state index in [1.165, 1.54) is 0 Å². The van der Waals surface area contributed by atoms with E-state index in [1.807, 2.05) is 91.9 Å². The zero-order valence-corrected chi connectivity index (χ0v) is 15.7. The summed E-state index contributed by atoms with van der Waals surface area (Å²) >= 11 is 0. The van der Waals surface area contributed by atoms with Crippen LogP contribution >= 0.6 is 0 Å². The lowest BCUT2D eigenvalue weighted by atomic mass is 9.91. The van der Waals surface area contributed by atoms with Gasteiger partial charge in [-0.15, -0.1) is 0 Å². The molecule has 0 saturated carbocycles. The third-order valence-electron chi connectivity index (χ3n) is 4.62. The van der Waals surface area contributed by atoms with Crippen LogP contribution in [0.2, 0.25) is 0 Å². The molecule has 0 aliphatic heterocycles. The standard InChI is InChI=1S/C24H24O3/c1-3-22(18-14-16-21(26-2)17-15-18)27-24(25)23(19-10-6-4-7-11-19)20-12-8-5-9-13-20/h4-17,22-23H,3H2,1-2H3/t22-/m1/s1. The van der Waals surface area contributed by atoms with Crippen LogP contribution in [0.25, 0.3) is 0 Å². The molecule has 0 aliphatic rings. The van der Waals surface area contributed by atoms with E-state index in [1.54, 1.807) is 7.11 Å². The van der Waals surface area contributed by atoms with Crippen LogP contribution in [-0.2, 0) is 9.53 Å². The molecule has 1 atom stereocenters. The largest absolute Gasteiger partial charge is 0.497 e. The molecule has 0 fully saturated rings. The van der Waals surface area contributed by atoms with Gasteiger partial charge in [0.05, 0.1) is 7.11 Å². The monoisotopic (exact) mass is 360 g/mol. The van der Waals surface area contributed by atoms with Crippen molar-refractivity contribution >= 4 is 5.97 Å². The zero-order valence-electron chi connectivity index (χ0n) is 15.7. The van der Waals surface area contributed by atoms with Gasteiger partial charge in [0.1, 0.15) is 17.8 Å². The predicted octanol–water partition coefficient (Wildman–Crippen LogP) is 5.52. The van der Waals surface area contributed by atoms with Gasteiger partial charge >= 0.3 is 5.97 Å². The van der Waals surface area contributed by atoms with Crippen LogP contribution in [0.4, 0.5) is 0 Å². The molecule has 0 aromatic heterocycles. The van der Waals surface area contributed by atoms with Crippen molar-refractivity contribution in [2.24, 2.45) is 0 Å². The molecule has 3 heteroatoms. The Balaban J connectivity index is 1.87. The molecular formula is C24H24O3. The van der Waals surface area contributed by atoms with E-state index in [4.69, 9.17) is 9.47 Å². The first-order valence-electron chi connectivity index (χ1n) is 9.17. The van der Waals surface area contributed by atoms with Crippen LogP contribution in [0, 0.1) is 0 Å². The molecule has 27 heavy (non-hydrogen) atoms. The average Bonchev–Trinajstić information content (AvgIpc) is 2.74. The quantitative estimate of drug-likeness (QED) is 0.520. The number of hydrogen-bond acceptors (Lipinski definition) is 3. The van der Waals surface area contributed by atoms with Crippen molar-refractivity contribution < 1.29 is 14.3 Å². The highest BCUT2D eigenvalue weighted by Gasteiger charge is 2.27. The van der Waals surface area contributed by atoms with Gasteiger partial charge in [-0.05, 0) is 35.2 Å². The minimum absolute atomic E-state index is 0.241. The van der Waals surface area contributed by atoms with Crippen molar-refractivity contribution in [3.8, 4) is 5.75 Å². The summed E-state index contributed by atoms with van der Waals surface area (Å²) in [5, 5.41) is 0. The Morgan fingerprint density at radius 2 is 1.30 bits per heavy atom. The van der Waals surface area contributed by atoms with Crippen molar-refractivity contribution in [2.75, 3.05) is 7.11 Å². The molecule has 0 spiro atoms. The van der Waals surface area contributed by atoms with Crippen molar-refractivity contribution in [1.82, 2.24) is 0 Å². The number of benzene rings is 3. The van der Waals surface area contributed by atoms with Crippen LogP contribution in [0.5, 0.6) is 5.75 Å². The summed E-state index contributed by atoms with van der Waals surface area (Å²) in [6.45, 7) is 2.02. The number of esters is 1. The lowest BCUT2D eigenvalue weighted by molar-refractivity contribution is -0.150. The van der Waals surface area contributed by atoms with E-state index in [2.05, 4.69) is 0 Å². The number of methoxy groups -OCH3 is 1. The molecule has 0 unspecified atom stereocenters. The summed E-state index contributed by atoms with van der Waals surface area (Å²) in [5.74, 6) is 0.0983. The molecular weight excluding hydrogens is 336 g/mol. The molecule has 0 N–H and O–H groups in total. The van der Waals surface area contributed by atoms with Gasteiger partial charge < -0.3 is 9.47 Å². The summed E-state index contributed by atoms with van der Waals surface area (Å²) in [6, 6.07) is 27.2.